The van der Waals surface area contributed by atoms with Gasteiger partial charge in [-0.15, -0.1) is 0 Å². The van der Waals surface area contributed by atoms with Crippen LogP contribution in [0.5, 0.6) is 0 Å². The van der Waals surface area contributed by atoms with Crippen molar-refractivity contribution in [2.45, 2.75) is 24.9 Å². The van der Waals surface area contributed by atoms with Crippen LogP contribution in [0.25, 0.3) is 0 Å². The quantitative estimate of drug-likeness (QED) is 0.710. The molecule has 1 aromatic carbocycles. The minimum atomic E-state index is -4.92. The fourth-order valence-corrected chi connectivity index (χ4v) is 5.56. The molecular formula is C19H20F4N2O4S. The molecule has 1 amide bonds. The number of ether oxygens (including phenoxy) is 1. The number of aryl methyl sites for hydroxylation is 1. The van der Waals surface area contributed by atoms with E-state index in [1.165, 1.54) is 24.7 Å². The third kappa shape index (κ3) is 4.22. The van der Waals surface area contributed by atoms with Gasteiger partial charge in [0.05, 0.1) is 29.4 Å². The number of alkyl halides is 3. The summed E-state index contributed by atoms with van der Waals surface area (Å²) in [6.07, 6.45) is -3.62. The number of nitrogens with zero attached hydrogens (tertiary/aromatic N) is 1. The van der Waals surface area contributed by atoms with E-state index in [0.29, 0.717) is 25.3 Å². The van der Waals surface area contributed by atoms with Crippen molar-refractivity contribution in [3.05, 3.63) is 47.0 Å². The van der Waals surface area contributed by atoms with Crippen LogP contribution in [0.2, 0.25) is 0 Å². The van der Waals surface area contributed by atoms with Crippen LogP contribution in [0.15, 0.2) is 29.3 Å². The van der Waals surface area contributed by atoms with Crippen molar-refractivity contribution in [3.8, 4) is 0 Å². The summed E-state index contributed by atoms with van der Waals surface area (Å²) in [5.74, 6) is -2.43. The van der Waals surface area contributed by atoms with E-state index in [1.54, 1.807) is 6.92 Å². The molecule has 1 fully saturated rings. The zero-order chi connectivity index (χ0) is 22.5. The van der Waals surface area contributed by atoms with Crippen LogP contribution in [0.4, 0.5) is 23.2 Å². The maximum Gasteiger partial charge on any atom is 0.419 e. The van der Waals surface area contributed by atoms with E-state index in [2.05, 4.69) is 5.32 Å². The Labute approximate surface area is 170 Å². The van der Waals surface area contributed by atoms with Crippen molar-refractivity contribution in [2.24, 2.45) is 12.5 Å². The highest BCUT2D eigenvalue weighted by atomic mass is 32.2. The Hall–Kier alpha value is -2.40. The van der Waals surface area contributed by atoms with Gasteiger partial charge in [0.2, 0.25) is 0 Å². The molecule has 1 N–H and O–H groups in total. The molecule has 164 valence electrons. The van der Waals surface area contributed by atoms with E-state index in [0.717, 1.165) is 6.07 Å². The van der Waals surface area contributed by atoms with E-state index >= 15 is 0 Å². The number of aromatic nitrogens is 1. The molecule has 1 aliphatic heterocycles. The van der Waals surface area contributed by atoms with Crippen LogP contribution >= 0.6 is 0 Å². The lowest BCUT2D eigenvalue weighted by molar-refractivity contribution is -0.139. The predicted molar refractivity (Wildman–Crippen MR) is 100 cm³/mol. The number of halogens is 4. The monoisotopic (exact) mass is 448 g/mol. The van der Waals surface area contributed by atoms with E-state index < -0.39 is 38.7 Å². The number of benzene rings is 1. The molecule has 2 aromatic rings. The Morgan fingerprint density at radius 1 is 1.30 bits per heavy atom. The molecule has 0 saturated carbocycles. The Morgan fingerprint density at radius 2 is 1.93 bits per heavy atom. The van der Waals surface area contributed by atoms with E-state index in [9.17, 15) is 30.8 Å². The lowest BCUT2D eigenvalue weighted by Crippen LogP contribution is -2.45. The average Bonchev–Trinajstić information content (AvgIpc) is 2.89. The van der Waals surface area contributed by atoms with Crippen molar-refractivity contribution in [2.75, 3.05) is 24.3 Å². The van der Waals surface area contributed by atoms with Gasteiger partial charge in [0, 0.05) is 24.3 Å². The number of anilines is 1. The number of amides is 1. The molecule has 1 aromatic heterocycles. The summed E-state index contributed by atoms with van der Waals surface area (Å²) in [5, 5.41) is 2.27. The Kier molecular flexibility index (Phi) is 5.48. The van der Waals surface area contributed by atoms with Crippen molar-refractivity contribution in [1.29, 1.82) is 0 Å². The number of hydrogen-bond donors (Lipinski definition) is 1. The molecule has 0 radical (unpaired) electrons. The number of hydrogen-bond acceptors (Lipinski definition) is 4. The molecule has 0 spiro atoms. The molecule has 3 rings (SSSR count). The molecule has 0 atom stereocenters. The van der Waals surface area contributed by atoms with Gasteiger partial charge in [-0.05, 0) is 30.7 Å². The zero-order valence-electron chi connectivity index (χ0n) is 16.4. The first kappa shape index (κ1) is 22.3. The van der Waals surface area contributed by atoms with Crippen molar-refractivity contribution in [3.63, 3.8) is 0 Å². The first-order valence-electron chi connectivity index (χ1n) is 8.88. The maximum atomic E-state index is 13.4. The zero-order valence-corrected chi connectivity index (χ0v) is 17.2. The van der Waals surface area contributed by atoms with Gasteiger partial charge in [0.25, 0.3) is 5.91 Å². The van der Waals surface area contributed by atoms with Crippen LogP contribution < -0.4 is 5.32 Å². The lowest BCUT2D eigenvalue weighted by atomic mass is 9.92. The van der Waals surface area contributed by atoms with Crippen molar-refractivity contribution >= 4 is 21.4 Å². The molecule has 0 bridgehead atoms. The van der Waals surface area contributed by atoms with Crippen molar-refractivity contribution < 1.29 is 35.5 Å². The third-order valence-electron chi connectivity index (χ3n) is 4.91. The topological polar surface area (TPSA) is 77.4 Å². The Balaban J connectivity index is 1.89. The van der Waals surface area contributed by atoms with Gasteiger partial charge in [0.1, 0.15) is 11.5 Å². The van der Waals surface area contributed by atoms with Crippen LogP contribution in [-0.4, -0.2) is 37.9 Å². The van der Waals surface area contributed by atoms with Crippen LogP contribution in [0.3, 0.4) is 0 Å². The first-order valence-corrected chi connectivity index (χ1v) is 10.5. The fourth-order valence-electron chi connectivity index (χ4n) is 3.44. The lowest BCUT2D eigenvalue weighted by Gasteiger charge is -2.37. The molecular weight excluding hydrogens is 428 g/mol. The summed E-state index contributed by atoms with van der Waals surface area (Å²) >= 11 is 0. The fraction of sp³-hybridized carbons (Fsp3) is 0.421. The standard InChI is InChI=1S/C19H20F4N2O4S/c1-11-15(30(27,28)10-18(2)8-29-9-18)7-25(3)16(11)17(26)24-12-4-5-14(20)13(6-12)19(21,22)23/h4-7H,8-10H2,1-3H3,(H,24,26). The van der Waals surface area contributed by atoms with E-state index in [-0.39, 0.29) is 27.6 Å². The number of nitrogens with one attached hydrogen (secondary N) is 1. The summed E-state index contributed by atoms with van der Waals surface area (Å²) in [6, 6.07) is 2.09. The summed E-state index contributed by atoms with van der Waals surface area (Å²) in [4.78, 5) is 12.6. The second-order valence-electron chi connectivity index (χ2n) is 7.79. The number of carbonyl (C=O) groups is 1. The van der Waals surface area contributed by atoms with Gasteiger partial charge in [-0.2, -0.15) is 13.2 Å². The highest BCUT2D eigenvalue weighted by Gasteiger charge is 2.40. The Morgan fingerprint density at radius 3 is 2.47 bits per heavy atom. The van der Waals surface area contributed by atoms with Crippen molar-refractivity contribution in [1.82, 2.24) is 4.57 Å². The molecule has 2 heterocycles. The third-order valence-corrected chi connectivity index (χ3v) is 7.07. The first-order chi connectivity index (χ1) is 13.7. The summed E-state index contributed by atoms with van der Waals surface area (Å²) in [5.41, 5.74) is -2.13. The smallest absolute Gasteiger partial charge is 0.380 e. The number of sulfone groups is 1. The van der Waals surface area contributed by atoms with Gasteiger partial charge in [-0.25, -0.2) is 12.8 Å². The van der Waals surface area contributed by atoms with Gasteiger partial charge in [-0.3, -0.25) is 4.79 Å². The molecule has 6 nitrogen and oxygen atoms in total. The maximum absolute atomic E-state index is 13.4. The highest BCUT2D eigenvalue weighted by Crippen LogP contribution is 2.34. The molecule has 0 aliphatic carbocycles. The minimum Gasteiger partial charge on any atom is -0.380 e. The summed E-state index contributed by atoms with van der Waals surface area (Å²) in [6.45, 7) is 3.87. The second kappa shape index (κ2) is 7.38. The average molecular weight is 448 g/mol. The largest absolute Gasteiger partial charge is 0.419 e. The van der Waals surface area contributed by atoms with Gasteiger partial charge < -0.3 is 14.6 Å². The van der Waals surface area contributed by atoms with Gasteiger partial charge in [0.15, 0.2) is 9.84 Å². The van der Waals surface area contributed by atoms with Crippen LogP contribution in [-0.2, 0) is 27.8 Å². The summed E-state index contributed by atoms with van der Waals surface area (Å²) in [7, 11) is -2.27. The number of rotatable bonds is 5. The number of carbonyl (C=O) groups excluding carboxylic acids is 1. The SMILES string of the molecule is Cc1c(S(=O)(=O)CC2(C)COC2)cn(C)c1C(=O)Nc1ccc(F)c(C(F)(F)F)c1. The molecule has 30 heavy (non-hydrogen) atoms. The van der Waals surface area contributed by atoms with E-state index in [4.69, 9.17) is 4.74 Å². The molecule has 1 aliphatic rings. The second-order valence-corrected chi connectivity index (χ2v) is 9.74. The predicted octanol–water partition coefficient (Wildman–Crippen LogP) is 3.55. The van der Waals surface area contributed by atoms with E-state index in [1.807, 2.05) is 0 Å². The minimum absolute atomic E-state index is 0.0264. The molecule has 1 saturated heterocycles. The normalized spacial score (nSPS) is 16.2. The highest BCUT2D eigenvalue weighted by molar-refractivity contribution is 7.91. The Bertz CT molecular complexity index is 1100. The van der Waals surface area contributed by atoms with Gasteiger partial charge >= 0.3 is 6.18 Å². The summed E-state index contributed by atoms with van der Waals surface area (Å²) < 4.78 is 84.2. The van der Waals surface area contributed by atoms with Crippen LogP contribution in [0, 0.1) is 18.2 Å². The molecule has 0 unspecified atom stereocenters. The van der Waals surface area contributed by atoms with Crippen LogP contribution in [0.1, 0.15) is 28.5 Å². The van der Waals surface area contributed by atoms with Gasteiger partial charge in [-0.1, -0.05) is 6.92 Å². The molecule has 11 heteroatoms.